The van der Waals surface area contributed by atoms with E-state index in [0.29, 0.717) is 27.1 Å². The number of allylic oxidation sites excluding steroid dienone is 1. The molecule has 0 radical (unpaired) electrons. The number of anilines is 1. The Morgan fingerprint density at radius 3 is 2.74 bits per heavy atom. The van der Waals surface area contributed by atoms with E-state index in [4.69, 9.17) is 21.1 Å². The maximum Gasteiger partial charge on any atom is 0.264 e. The van der Waals surface area contributed by atoms with Crippen LogP contribution in [0.25, 0.3) is 0 Å². The van der Waals surface area contributed by atoms with E-state index in [1.165, 1.54) is 26.0 Å². The average molecular weight is 354 g/mol. The molecule has 2 heterocycles. The monoisotopic (exact) mass is 353 g/mol. The van der Waals surface area contributed by atoms with Crippen LogP contribution in [0.2, 0.25) is 5.02 Å². The minimum absolute atomic E-state index is 0.205. The zero-order valence-corrected chi connectivity index (χ0v) is 14.5. The summed E-state index contributed by atoms with van der Waals surface area (Å²) in [4.78, 5) is 19.7. The maximum absolute atomic E-state index is 12.6. The van der Waals surface area contributed by atoms with Crippen LogP contribution in [0.3, 0.4) is 0 Å². The van der Waals surface area contributed by atoms with Crippen molar-refractivity contribution in [2.45, 2.75) is 6.92 Å². The number of aliphatic imine (C=N–C) groups is 1. The van der Waals surface area contributed by atoms with Gasteiger partial charge in [0, 0.05) is 18.3 Å². The Hall–Kier alpha value is -1.86. The highest BCUT2D eigenvalue weighted by Crippen LogP contribution is 2.39. The molecule has 6 nitrogen and oxygen atoms in total. The number of thioether (sulfide) groups is 1. The van der Waals surface area contributed by atoms with E-state index in [9.17, 15) is 4.79 Å². The first-order valence-corrected chi connectivity index (χ1v) is 8.18. The van der Waals surface area contributed by atoms with Gasteiger partial charge in [-0.3, -0.25) is 9.79 Å². The number of hydrogen-bond acceptors (Lipinski definition) is 6. The third-order valence-corrected chi connectivity index (χ3v) is 5.17. The Labute approximate surface area is 143 Å². The summed E-state index contributed by atoms with van der Waals surface area (Å²) >= 11 is 7.52. The number of hydrogen-bond donors (Lipinski definition) is 1. The number of halogens is 1. The van der Waals surface area contributed by atoms with Crippen LogP contribution in [0.4, 0.5) is 5.69 Å². The molecule has 122 valence electrons. The molecule has 1 aromatic carbocycles. The standard InChI is InChI=1S/C15H16ClN3O3S/c1-8-13(23-15-17-4-5-19(8)15)14(20)18-10-6-9(16)11(21-2)7-12(10)22-3/h6-7H,4-5H2,1-3H3,(H,18,20). The van der Waals surface area contributed by atoms with Crippen molar-refractivity contribution in [1.82, 2.24) is 4.90 Å². The molecular weight excluding hydrogens is 338 g/mol. The van der Waals surface area contributed by atoms with Gasteiger partial charge < -0.3 is 19.7 Å². The molecule has 0 saturated carbocycles. The highest BCUT2D eigenvalue weighted by Gasteiger charge is 2.33. The van der Waals surface area contributed by atoms with Crippen LogP contribution in [-0.4, -0.2) is 43.3 Å². The van der Waals surface area contributed by atoms with Crippen LogP contribution in [-0.2, 0) is 4.79 Å². The van der Waals surface area contributed by atoms with Crippen LogP contribution >= 0.6 is 23.4 Å². The number of carbonyl (C=O) groups is 1. The molecule has 8 heteroatoms. The highest BCUT2D eigenvalue weighted by molar-refractivity contribution is 8.18. The fraction of sp³-hybridized carbons (Fsp3) is 0.333. The zero-order chi connectivity index (χ0) is 16.6. The second kappa shape index (κ2) is 6.33. The SMILES string of the molecule is COc1cc(OC)c(NC(=O)C2=C(C)N3CCN=C3S2)cc1Cl. The Kier molecular flexibility index (Phi) is 4.41. The molecule has 2 aliphatic heterocycles. The van der Waals surface area contributed by atoms with Gasteiger partial charge in [-0.15, -0.1) is 0 Å². The van der Waals surface area contributed by atoms with Crippen molar-refractivity contribution in [2.24, 2.45) is 4.99 Å². The lowest BCUT2D eigenvalue weighted by Gasteiger charge is -2.14. The second-order valence-electron chi connectivity index (χ2n) is 4.97. The number of nitrogens with zero attached hydrogens (tertiary/aromatic N) is 2. The fourth-order valence-electron chi connectivity index (χ4n) is 2.46. The van der Waals surface area contributed by atoms with Gasteiger partial charge in [0.25, 0.3) is 5.91 Å². The van der Waals surface area contributed by atoms with Crippen molar-refractivity contribution in [1.29, 1.82) is 0 Å². The van der Waals surface area contributed by atoms with Crippen molar-refractivity contribution >= 4 is 40.1 Å². The molecular formula is C15H16ClN3O3S. The fourth-order valence-corrected chi connectivity index (χ4v) is 3.78. The van der Waals surface area contributed by atoms with Gasteiger partial charge >= 0.3 is 0 Å². The highest BCUT2D eigenvalue weighted by atomic mass is 35.5. The predicted molar refractivity (Wildman–Crippen MR) is 92.5 cm³/mol. The smallest absolute Gasteiger partial charge is 0.264 e. The number of rotatable bonds is 4. The van der Waals surface area contributed by atoms with E-state index in [1.807, 2.05) is 6.92 Å². The third-order valence-electron chi connectivity index (χ3n) is 3.66. The first-order chi connectivity index (χ1) is 11.0. The maximum atomic E-state index is 12.6. The van der Waals surface area contributed by atoms with Crippen molar-refractivity contribution in [3.63, 3.8) is 0 Å². The van der Waals surface area contributed by atoms with E-state index < -0.39 is 0 Å². The topological polar surface area (TPSA) is 63.2 Å². The lowest BCUT2D eigenvalue weighted by atomic mass is 10.2. The summed E-state index contributed by atoms with van der Waals surface area (Å²) in [5.74, 6) is 0.768. The van der Waals surface area contributed by atoms with Crippen molar-refractivity contribution in [3.05, 3.63) is 27.8 Å². The van der Waals surface area contributed by atoms with Crippen molar-refractivity contribution in [2.75, 3.05) is 32.6 Å². The largest absolute Gasteiger partial charge is 0.495 e. The molecule has 0 unspecified atom stereocenters. The summed E-state index contributed by atoms with van der Waals surface area (Å²) in [7, 11) is 3.05. The first kappa shape index (κ1) is 16.0. The molecule has 0 atom stereocenters. The number of carbonyl (C=O) groups excluding carboxylic acids is 1. The summed E-state index contributed by atoms with van der Waals surface area (Å²) < 4.78 is 10.5. The number of methoxy groups -OCH3 is 2. The van der Waals surface area contributed by atoms with Crippen LogP contribution in [0.5, 0.6) is 11.5 Å². The molecule has 0 aliphatic carbocycles. The first-order valence-electron chi connectivity index (χ1n) is 6.98. The number of amidine groups is 1. The summed E-state index contributed by atoms with van der Waals surface area (Å²) in [6.45, 7) is 3.52. The van der Waals surface area contributed by atoms with Gasteiger partial charge in [-0.25, -0.2) is 0 Å². The molecule has 1 N–H and O–H groups in total. The van der Waals surface area contributed by atoms with Gasteiger partial charge in [0.2, 0.25) is 0 Å². The van der Waals surface area contributed by atoms with Crippen LogP contribution in [0, 0.1) is 0 Å². The summed E-state index contributed by atoms with van der Waals surface area (Å²) in [5, 5.41) is 4.13. The van der Waals surface area contributed by atoms with Gasteiger partial charge in [0.05, 0.1) is 36.4 Å². The Morgan fingerprint density at radius 2 is 2.09 bits per heavy atom. The van der Waals surface area contributed by atoms with Gasteiger partial charge in [-0.05, 0) is 24.8 Å². The quantitative estimate of drug-likeness (QED) is 0.901. The molecule has 2 aliphatic rings. The van der Waals surface area contributed by atoms with Gasteiger partial charge in [-0.2, -0.15) is 0 Å². The van der Waals surface area contributed by atoms with Crippen molar-refractivity contribution < 1.29 is 14.3 Å². The number of nitrogens with one attached hydrogen (secondary N) is 1. The lowest BCUT2D eigenvalue weighted by molar-refractivity contribution is -0.112. The molecule has 0 fully saturated rings. The van der Waals surface area contributed by atoms with E-state index >= 15 is 0 Å². The Bertz CT molecular complexity index is 733. The Balaban J connectivity index is 1.85. The Morgan fingerprint density at radius 1 is 1.35 bits per heavy atom. The normalized spacial score (nSPS) is 16.3. The molecule has 0 bridgehead atoms. The van der Waals surface area contributed by atoms with Crippen LogP contribution in [0.15, 0.2) is 27.7 Å². The minimum Gasteiger partial charge on any atom is -0.495 e. The molecule has 1 amide bonds. The molecule has 3 rings (SSSR count). The van der Waals surface area contributed by atoms with Gasteiger partial charge in [-0.1, -0.05) is 11.6 Å². The van der Waals surface area contributed by atoms with Crippen LogP contribution < -0.4 is 14.8 Å². The number of ether oxygens (including phenoxy) is 2. The summed E-state index contributed by atoms with van der Waals surface area (Å²) in [5.41, 5.74) is 1.42. The van der Waals surface area contributed by atoms with E-state index in [2.05, 4.69) is 15.2 Å². The zero-order valence-electron chi connectivity index (χ0n) is 13.0. The van der Waals surface area contributed by atoms with Gasteiger partial charge in [0.1, 0.15) is 11.5 Å². The molecule has 1 aromatic rings. The number of amides is 1. The average Bonchev–Trinajstić information content (AvgIpc) is 3.11. The number of fused-ring (bicyclic) bond motifs is 1. The minimum atomic E-state index is -0.205. The van der Waals surface area contributed by atoms with Crippen molar-refractivity contribution in [3.8, 4) is 11.5 Å². The second-order valence-corrected chi connectivity index (χ2v) is 6.36. The lowest BCUT2D eigenvalue weighted by Crippen LogP contribution is -2.20. The predicted octanol–water partition coefficient (Wildman–Crippen LogP) is 2.95. The summed E-state index contributed by atoms with van der Waals surface area (Å²) in [6, 6.07) is 3.26. The third kappa shape index (κ3) is 2.86. The molecule has 23 heavy (non-hydrogen) atoms. The molecule has 0 aromatic heterocycles. The van der Waals surface area contributed by atoms with Crippen LogP contribution in [0.1, 0.15) is 6.92 Å². The molecule has 0 saturated heterocycles. The summed E-state index contributed by atoms with van der Waals surface area (Å²) in [6.07, 6.45) is 0. The van der Waals surface area contributed by atoms with Gasteiger partial charge in [0.15, 0.2) is 5.17 Å². The molecule has 0 spiro atoms. The van der Waals surface area contributed by atoms with E-state index in [1.54, 1.807) is 12.1 Å². The van der Waals surface area contributed by atoms with E-state index in [0.717, 1.165) is 24.0 Å². The number of benzene rings is 1. The van der Waals surface area contributed by atoms with E-state index in [-0.39, 0.29) is 5.91 Å².